The lowest BCUT2D eigenvalue weighted by molar-refractivity contribution is -0.361. The van der Waals surface area contributed by atoms with Crippen molar-refractivity contribution in [3.05, 3.63) is 0 Å². The van der Waals surface area contributed by atoms with Crippen LogP contribution in [0.5, 0.6) is 0 Å². The third kappa shape index (κ3) is 0.312. The molecule has 1 heteroatoms. The summed E-state index contributed by atoms with van der Waals surface area (Å²) in [6, 6.07) is 0. The quantitative estimate of drug-likeness (QED) is 0.607. The third-order valence-corrected chi connectivity index (χ3v) is 5.69. The lowest BCUT2D eigenvalue weighted by atomic mass is 9.22. The predicted octanol–water partition coefficient (Wildman–Crippen LogP) is 1.80. The molecule has 0 aromatic carbocycles. The van der Waals surface area contributed by atoms with Crippen LogP contribution in [0.2, 0.25) is 0 Å². The molecule has 0 amide bonds. The minimum atomic E-state index is 0.391. The van der Waals surface area contributed by atoms with E-state index in [1.807, 2.05) is 0 Å². The second-order valence-electron chi connectivity index (χ2n) is 5.33. The highest BCUT2D eigenvalue weighted by molar-refractivity contribution is 5.36. The first-order valence-electron chi connectivity index (χ1n) is 4.72. The molecule has 0 aromatic rings. The summed E-state index contributed by atoms with van der Waals surface area (Å²) < 4.78 is 0. The maximum atomic E-state index is 9.34. The van der Waals surface area contributed by atoms with Crippen molar-refractivity contribution in [1.29, 1.82) is 0 Å². The monoisotopic (exact) mass is 152 g/mol. The van der Waals surface area contributed by atoms with Gasteiger partial charge in [0.05, 0.1) is 0 Å². The van der Waals surface area contributed by atoms with Crippen molar-refractivity contribution in [3.63, 3.8) is 0 Å². The molecule has 5 fully saturated rings. The fourth-order valence-corrected chi connectivity index (χ4v) is 4.83. The molecular weight excluding hydrogens is 136 g/mol. The summed E-state index contributed by atoms with van der Waals surface area (Å²) in [6.45, 7) is 5.25. The number of hydrogen-bond acceptors (Lipinski definition) is 1. The Hall–Kier alpha value is -0.0400. The molecule has 62 valence electrons. The van der Waals surface area contributed by atoms with E-state index in [0.29, 0.717) is 22.9 Å². The summed E-state index contributed by atoms with van der Waals surface area (Å²) in [7, 11) is 0. The summed E-state index contributed by atoms with van der Waals surface area (Å²) in [6.07, 6.45) is 4.06. The summed E-state index contributed by atoms with van der Waals surface area (Å²) in [5.41, 5.74) is 1.55. The van der Waals surface area contributed by atoms with Gasteiger partial charge in [-0.3, -0.25) is 0 Å². The van der Waals surface area contributed by atoms with E-state index in [1.54, 1.807) is 0 Å². The Bertz CT molecular complexity index is 237. The Morgan fingerprint density at radius 1 is 1.45 bits per heavy atom. The smallest absolute Gasteiger partial charge is 0.0495 e. The fraction of sp³-hybridized carbons (Fsp3) is 1.00. The normalized spacial score (nSPS) is 70.6. The van der Waals surface area contributed by atoms with Crippen LogP contribution in [0.4, 0.5) is 0 Å². The van der Waals surface area contributed by atoms with Crippen LogP contribution in [-0.4, -0.2) is 11.7 Å². The van der Waals surface area contributed by atoms with Crippen molar-refractivity contribution >= 4 is 0 Å². The molecule has 0 saturated heterocycles. The van der Waals surface area contributed by atoms with Crippen LogP contribution in [0.25, 0.3) is 0 Å². The van der Waals surface area contributed by atoms with Crippen LogP contribution in [0.3, 0.4) is 0 Å². The van der Waals surface area contributed by atoms with Crippen LogP contribution in [-0.2, 0) is 0 Å². The van der Waals surface area contributed by atoms with Gasteiger partial charge in [0.25, 0.3) is 0 Å². The average Bonchev–Trinajstić information content (AvgIpc) is 2.34. The van der Waals surface area contributed by atoms with Gasteiger partial charge >= 0.3 is 0 Å². The Labute approximate surface area is 67.8 Å². The number of rotatable bonds is 1. The molecule has 0 radical (unpaired) electrons. The average molecular weight is 152 g/mol. The Morgan fingerprint density at radius 3 is 2.45 bits per heavy atom. The van der Waals surface area contributed by atoms with Gasteiger partial charge in [0, 0.05) is 12.0 Å². The third-order valence-electron chi connectivity index (χ3n) is 5.69. The summed E-state index contributed by atoms with van der Waals surface area (Å²) in [5, 5.41) is 9.34. The molecule has 0 unspecified atom stereocenters. The predicted molar refractivity (Wildman–Crippen MR) is 43.1 cm³/mol. The molecule has 0 aliphatic heterocycles. The van der Waals surface area contributed by atoms with E-state index >= 15 is 0 Å². The first-order chi connectivity index (χ1) is 5.11. The largest absolute Gasteiger partial charge is 0.396 e. The highest BCUT2D eigenvalue weighted by Gasteiger charge is 2.88. The van der Waals surface area contributed by atoms with Crippen molar-refractivity contribution in [1.82, 2.24) is 0 Å². The summed E-state index contributed by atoms with van der Waals surface area (Å²) in [5.74, 6) is 0.880. The maximum Gasteiger partial charge on any atom is 0.0495 e. The van der Waals surface area contributed by atoms with E-state index in [9.17, 15) is 5.11 Å². The molecular formula is C10H16O. The van der Waals surface area contributed by atoms with Crippen molar-refractivity contribution in [2.75, 3.05) is 6.61 Å². The van der Waals surface area contributed by atoms with Crippen LogP contribution in [0.1, 0.15) is 33.1 Å². The number of aliphatic hydroxyl groups excluding tert-OH is 1. The standard InChI is InChI=1S/C10H16O/c1-8-5-10(6-11)7(8)3-4-9(8,10)2/h7,11H,3-6H2,1-2H3/t7-,8+,9-,10+/m0/s1. The molecule has 5 rings (SSSR count). The molecule has 5 saturated carbocycles. The lowest BCUT2D eigenvalue weighted by Crippen LogP contribution is -2.79. The van der Waals surface area contributed by atoms with Gasteiger partial charge in [-0.25, -0.2) is 0 Å². The van der Waals surface area contributed by atoms with Gasteiger partial charge < -0.3 is 5.11 Å². The number of aliphatic hydroxyl groups is 1. The second kappa shape index (κ2) is 1.28. The van der Waals surface area contributed by atoms with E-state index < -0.39 is 0 Å². The summed E-state index contributed by atoms with van der Waals surface area (Å²) >= 11 is 0. The number of fused-ring (bicyclic) bond motifs is 1. The van der Waals surface area contributed by atoms with Gasteiger partial charge in [0.1, 0.15) is 0 Å². The molecule has 1 nitrogen and oxygen atoms in total. The van der Waals surface area contributed by atoms with Crippen molar-refractivity contribution < 1.29 is 5.11 Å². The molecule has 5 aliphatic carbocycles. The summed E-state index contributed by atoms with van der Waals surface area (Å²) in [4.78, 5) is 0. The van der Waals surface area contributed by atoms with E-state index in [2.05, 4.69) is 13.8 Å². The Balaban J connectivity index is 2.08. The molecule has 11 heavy (non-hydrogen) atoms. The van der Waals surface area contributed by atoms with Crippen molar-refractivity contribution in [3.8, 4) is 0 Å². The molecule has 4 atom stereocenters. The van der Waals surface area contributed by atoms with Crippen LogP contribution in [0, 0.1) is 22.2 Å². The molecule has 0 spiro atoms. The zero-order chi connectivity index (χ0) is 7.91. The zero-order valence-corrected chi connectivity index (χ0v) is 7.35. The van der Waals surface area contributed by atoms with Gasteiger partial charge in [-0.2, -0.15) is 0 Å². The van der Waals surface area contributed by atoms with E-state index in [1.165, 1.54) is 19.3 Å². The SMILES string of the molecule is C[C@@]12CC[C@@H]3[C@]1(CO)C[C@]32C. The van der Waals surface area contributed by atoms with Gasteiger partial charge in [-0.15, -0.1) is 0 Å². The van der Waals surface area contributed by atoms with E-state index in [-0.39, 0.29) is 0 Å². The van der Waals surface area contributed by atoms with E-state index in [4.69, 9.17) is 0 Å². The minimum Gasteiger partial charge on any atom is -0.396 e. The maximum absolute atomic E-state index is 9.34. The van der Waals surface area contributed by atoms with Gasteiger partial charge in [-0.1, -0.05) is 13.8 Å². The second-order valence-corrected chi connectivity index (χ2v) is 5.33. The lowest BCUT2D eigenvalue weighted by Gasteiger charge is -2.82. The first kappa shape index (κ1) is 6.47. The first-order valence-corrected chi connectivity index (χ1v) is 4.72. The van der Waals surface area contributed by atoms with Crippen molar-refractivity contribution in [2.24, 2.45) is 22.2 Å². The molecule has 0 heterocycles. The van der Waals surface area contributed by atoms with Crippen LogP contribution >= 0.6 is 0 Å². The van der Waals surface area contributed by atoms with Crippen molar-refractivity contribution in [2.45, 2.75) is 33.1 Å². The van der Waals surface area contributed by atoms with Gasteiger partial charge in [0.2, 0.25) is 0 Å². The Morgan fingerprint density at radius 2 is 2.18 bits per heavy atom. The van der Waals surface area contributed by atoms with Crippen LogP contribution < -0.4 is 0 Å². The van der Waals surface area contributed by atoms with E-state index in [0.717, 1.165) is 5.92 Å². The zero-order valence-electron chi connectivity index (χ0n) is 7.35. The highest BCUT2D eigenvalue weighted by Crippen LogP contribution is 2.93. The molecule has 0 aromatic heterocycles. The van der Waals surface area contributed by atoms with Gasteiger partial charge in [0.15, 0.2) is 0 Å². The minimum absolute atomic E-state index is 0.391. The van der Waals surface area contributed by atoms with Crippen LogP contribution in [0.15, 0.2) is 0 Å². The fourth-order valence-electron chi connectivity index (χ4n) is 4.83. The highest BCUT2D eigenvalue weighted by atomic mass is 16.3. The molecule has 1 N–H and O–H groups in total. The number of hydrogen-bond donors (Lipinski definition) is 1. The topological polar surface area (TPSA) is 20.2 Å². The Kier molecular flexibility index (Phi) is 0.755. The van der Waals surface area contributed by atoms with Gasteiger partial charge in [-0.05, 0) is 36.0 Å². The molecule has 4 bridgehead atoms. The molecule has 5 aliphatic rings.